The number of nitrogens with one attached hydrogen (secondary N) is 2. The molecule has 1 rings (SSSR count). The van der Waals surface area contributed by atoms with Gasteiger partial charge in [0.1, 0.15) is 0 Å². The lowest BCUT2D eigenvalue weighted by atomic mass is 10.1. The maximum Gasteiger partial charge on any atom is 0.191 e. The van der Waals surface area contributed by atoms with Crippen LogP contribution in [0.2, 0.25) is 0 Å². The Kier molecular flexibility index (Phi) is 12.0. The van der Waals surface area contributed by atoms with Gasteiger partial charge in [0.2, 0.25) is 0 Å². The summed E-state index contributed by atoms with van der Waals surface area (Å²) in [6.45, 7) is 6.89. The monoisotopic (exact) mass is 325 g/mol. The molecular formula is C18H39N5. The molecule has 136 valence electrons. The molecule has 0 atom stereocenters. The number of hydrogen-bond acceptors (Lipinski definition) is 3. The average molecular weight is 326 g/mol. The first-order valence-electron chi connectivity index (χ1n) is 9.54. The number of rotatable bonds is 11. The minimum atomic E-state index is 0.953. The highest BCUT2D eigenvalue weighted by molar-refractivity contribution is 5.79. The fourth-order valence-electron chi connectivity index (χ4n) is 3.03. The minimum absolute atomic E-state index is 0.953. The molecule has 1 aliphatic rings. The van der Waals surface area contributed by atoms with Crippen LogP contribution in [0.3, 0.4) is 0 Å². The van der Waals surface area contributed by atoms with E-state index in [1.54, 1.807) is 0 Å². The van der Waals surface area contributed by atoms with E-state index in [0.29, 0.717) is 0 Å². The van der Waals surface area contributed by atoms with Crippen molar-refractivity contribution in [2.45, 2.75) is 51.4 Å². The van der Waals surface area contributed by atoms with E-state index in [4.69, 9.17) is 0 Å². The van der Waals surface area contributed by atoms with E-state index in [1.165, 1.54) is 71.0 Å². The van der Waals surface area contributed by atoms with Crippen LogP contribution in [0.1, 0.15) is 51.4 Å². The van der Waals surface area contributed by atoms with Crippen molar-refractivity contribution in [1.82, 2.24) is 20.4 Å². The summed E-state index contributed by atoms with van der Waals surface area (Å²) in [7, 11) is 6.15. The largest absolute Gasteiger partial charge is 0.356 e. The first kappa shape index (κ1) is 20.2. The number of hydrogen-bond donors (Lipinski definition) is 2. The Morgan fingerprint density at radius 1 is 0.913 bits per heavy atom. The summed E-state index contributed by atoms with van der Waals surface area (Å²) in [6, 6.07) is 0. The Labute approximate surface area is 143 Å². The van der Waals surface area contributed by atoms with E-state index in [2.05, 4.69) is 39.5 Å². The Bertz CT molecular complexity index is 298. The predicted molar refractivity (Wildman–Crippen MR) is 101 cm³/mol. The first-order chi connectivity index (χ1) is 11.2. The van der Waals surface area contributed by atoms with Crippen molar-refractivity contribution in [3.05, 3.63) is 0 Å². The zero-order valence-electron chi connectivity index (χ0n) is 15.7. The third-order valence-electron chi connectivity index (χ3n) is 4.47. The van der Waals surface area contributed by atoms with Gasteiger partial charge in [-0.2, -0.15) is 0 Å². The predicted octanol–water partition coefficient (Wildman–Crippen LogP) is 2.15. The van der Waals surface area contributed by atoms with Crippen molar-refractivity contribution in [2.24, 2.45) is 4.99 Å². The smallest absolute Gasteiger partial charge is 0.191 e. The summed E-state index contributed by atoms with van der Waals surface area (Å²) in [6.07, 6.45) is 10.7. The molecular weight excluding hydrogens is 286 g/mol. The van der Waals surface area contributed by atoms with E-state index < -0.39 is 0 Å². The molecule has 0 spiro atoms. The summed E-state index contributed by atoms with van der Waals surface area (Å²) < 4.78 is 0. The molecule has 5 heteroatoms. The van der Waals surface area contributed by atoms with Crippen LogP contribution in [0.25, 0.3) is 0 Å². The maximum absolute atomic E-state index is 4.31. The van der Waals surface area contributed by atoms with Gasteiger partial charge in [0.25, 0.3) is 0 Å². The zero-order valence-corrected chi connectivity index (χ0v) is 15.7. The third kappa shape index (κ3) is 11.4. The average Bonchev–Trinajstić information content (AvgIpc) is 2.56. The van der Waals surface area contributed by atoms with E-state index in [-0.39, 0.29) is 0 Å². The maximum atomic E-state index is 4.31. The van der Waals surface area contributed by atoms with Gasteiger partial charge in [0, 0.05) is 26.7 Å². The quantitative estimate of drug-likeness (QED) is 0.347. The second kappa shape index (κ2) is 13.6. The molecule has 0 saturated carbocycles. The molecule has 2 N–H and O–H groups in total. The molecule has 0 aromatic heterocycles. The Balaban J connectivity index is 1.93. The third-order valence-corrected chi connectivity index (χ3v) is 4.47. The van der Waals surface area contributed by atoms with E-state index >= 15 is 0 Å². The SMILES string of the molecule is CN=C(NCCCCCCCN(C)C)NCCN1CCCCC1. The van der Waals surface area contributed by atoms with Gasteiger partial charge >= 0.3 is 0 Å². The van der Waals surface area contributed by atoms with Crippen molar-refractivity contribution < 1.29 is 0 Å². The Morgan fingerprint density at radius 3 is 2.26 bits per heavy atom. The van der Waals surface area contributed by atoms with Crippen LogP contribution >= 0.6 is 0 Å². The molecule has 0 radical (unpaired) electrons. The summed E-state index contributed by atoms with van der Waals surface area (Å²) >= 11 is 0. The van der Waals surface area contributed by atoms with Crippen LogP contribution < -0.4 is 10.6 Å². The van der Waals surface area contributed by atoms with Crippen molar-refractivity contribution in [1.29, 1.82) is 0 Å². The number of aliphatic imine (C=N–C) groups is 1. The van der Waals surface area contributed by atoms with Gasteiger partial charge in [-0.3, -0.25) is 4.99 Å². The highest BCUT2D eigenvalue weighted by Gasteiger charge is 2.09. The van der Waals surface area contributed by atoms with Gasteiger partial charge in [0.15, 0.2) is 5.96 Å². The Hall–Kier alpha value is -0.810. The second-order valence-electron chi connectivity index (χ2n) is 6.90. The summed E-state index contributed by atoms with van der Waals surface area (Å²) in [5.41, 5.74) is 0. The number of nitrogens with zero attached hydrogens (tertiary/aromatic N) is 3. The minimum Gasteiger partial charge on any atom is -0.356 e. The standard InChI is InChI=1S/C18H39N5/c1-19-18(21-13-17-23-15-10-7-11-16-23)20-12-8-5-4-6-9-14-22(2)3/h4-17H2,1-3H3,(H2,19,20,21). The lowest BCUT2D eigenvalue weighted by Gasteiger charge is -2.26. The lowest BCUT2D eigenvalue weighted by molar-refractivity contribution is 0.232. The molecule has 23 heavy (non-hydrogen) atoms. The van der Waals surface area contributed by atoms with Crippen molar-refractivity contribution >= 4 is 5.96 Å². The molecule has 0 aliphatic carbocycles. The second-order valence-corrected chi connectivity index (χ2v) is 6.90. The highest BCUT2D eigenvalue weighted by Crippen LogP contribution is 2.07. The van der Waals surface area contributed by atoms with Crippen LogP contribution in [-0.4, -0.2) is 76.2 Å². The van der Waals surface area contributed by atoms with Crippen LogP contribution in [0, 0.1) is 0 Å². The van der Waals surface area contributed by atoms with Crippen LogP contribution in [-0.2, 0) is 0 Å². The van der Waals surface area contributed by atoms with E-state index in [1.807, 2.05) is 7.05 Å². The fraction of sp³-hybridized carbons (Fsp3) is 0.944. The van der Waals surface area contributed by atoms with E-state index in [0.717, 1.165) is 25.6 Å². The van der Waals surface area contributed by atoms with Crippen molar-refractivity contribution in [3.8, 4) is 0 Å². The van der Waals surface area contributed by atoms with E-state index in [9.17, 15) is 0 Å². The van der Waals surface area contributed by atoms with Gasteiger partial charge < -0.3 is 20.4 Å². The number of guanidine groups is 1. The number of unbranched alkanes of at least 4 members (excludes halogenated alkanes) is 4. The summed E-state index contributed by atoms with van der Waals surface area (Å²) in [4.78, 5) is 9.13. The zero-order chi connectivity index (χ0) is 16.8. The molecule has 1 aliphatic heterocycles. The molecule has 1 fully saturated rings. The van der Waals surface area contributed by atoms with Crippen LogP contribution in [0.15, 0.2) is 4.99 Å². The highest BCUT2D eigenvalue weighted by atomic mass is 15.2. The topological polar surface area (TPSA) is 42.9 Å². The molecule has 0 bridgehead atoms. The van der Waals surface area contributed by atoms with Gasteiger partial charge in [-0.25, -0.2) is 0 Å². The van der Waals surface area contributed by atoms with Gasteiger partial charge in [-0.05, 0) is 59.4 Å². The molecule has 0 amide bonds. The molecule has 0 unspecified atom stereocenters. The van der Waals surface area contributed by atoms with Crippen molar-refractivity contribution in [3.63, 3.8) is 0 Å². The fourth-order valence-corrected chi connectivity index (χ4v) is 3.03. The van der Waals surface area contributed by atoms with Crippen molar-refractivity contribution in [2.75, 3.05) is 60.4 Å². The first-order valence-corrected chi connectivity index (χ1v) is 9.54. The van der Waals surface area contributed by atoms with Gasteiger partial charge in [-0.1, -0.05) is 25.7 Å². The normalized spacial score (nSPS) is 16.8. The van der Waals surface area contributed by atoms with Gasteiger partial charge in [-0.15, -0.1) is 0 Å². The molecule has 1 saturated heterocycles. The molecule has 0 aromatic carbocycles. The van der Waals surface area contributed by atoms with Gasteiger partial charge in [0.05, 0.1) is 0 Å². The molecule has 5 nitrogen and oxygen atoms in total. The molecule has 1 heterocycles. The summed E-state index contributed by atoms with van der Waals surface area (Å²) in [5, 5.41) is 6.86. The number of piperidine rings is 1. The Morgan fingerprint density at radius 2 is 1.57 bits per heavy atom. The number of likely N-dealkylation sites (tertiary alicyclic amines) is 1. The lowest BCUT2D eigenvalue weighted by Crippen LogP contribution is -2.42. The van der Waals surface area contributed by atoms with Crippen LogP contribution in [0.4, 0.5) is 0 Å². The van der Waals surface area contributed by atoms with Crippen LogP contribution in [0.5, 0.6) is 0 Å². The summed E-state index contributed by atoms with van der Waals surface area (Å²) in [5.74, 6) is 0.953. The molecule has 0 aromatic rings.